The van der Waals surface area contributed by atoms with Crippen LogP contribution in [0.5, 0.6) is 0 Å². The van der Waals surface area contributed by atoms with Crippen LogP contribution in [0.1, 0.15) is 20.1 Å². The highest BCUT2D eigenvalue weighted by Gasteiger charge is 2.57. The molecule has 1 saturated heterocycles. The molecule has 0 aromatic carbocycles. The second-order valence-corrected chi connectivity index (χ2v) is 6.70. The SMILES string of the molecule is CC(C)C(=O)NCCNC(=O)OC[C@@]1(F)O[C@@H](n2ccc(=O)[nH]c2=O)[C@H](O)[C@@H]1O. The number of nitrogens with zero attached hydrogens (tertiary/aromatic N) is 1. The van der Waals surface area contributed by atoms with Crippen molar-refractivity contribution in [2.75, 3.05) is 19.7 Å². The average Bonchev–Trinajstić information content (AvgIpc) is 2.88. The number of amides is 2. The minimum Gasteiger partial charge on any atom is -0.443 e. The first kappa shape index (κ1) is 22.5. The van der Waals surface area contributed by atoms with Gasteiger partial charge in [-0.2, -0.15) is 0 Å². The van der Waals surface area contributed by atoms with Crippen LogP contribution in [-0.2, 0) is 14.3 Å². The smallest absolute Gasteiger partial charge is 0.407 e. The van der Waals surface area contributed by atoms with E-state index in [0.29, 0.717) is 4.57 Å². The van der Waals surface area contributed by atoms with Crippen molar-refractivity contribution in [2.24, 2.45) is 5.92 Å². The quantitative estimate of drug-likeness (QED) is 0.315. The molecular formula is C16H23FN4O8. The van der Waals surface area contributed by atoms with Crippen molar-refractivity contribution in [1.82, 2.24) is 20.2 Å². The number of halogens is 1. The number of aromatic nitrogens is 2. The summed E-state index contributed by atoms with van der Waals surface area (Å²) in [6.45, 7) is 2.46. The van der Waals surface area contributed by atoms with Crippen molar-refractivity contribution in [3.63, 3.8) is 0 Å². The van der Waals surface area contributed by atoms with E-state index < -0.39 is 48.2 Å². The van der Waals surface area contributed by atoms with Crippen LogP contribution in [0.2, 0.25) is 0 Å². The third-order valence-corrected chi connectivity index (χ3v) is 4.12. The number of nitrogens with one attached hydrogen (secondary N) is 3. The maximum atomic E-state index is 14.9. The molecule has 0 bridgehead atoms. The van der Waals surface area contributed by atoms with Gasteiger partial charge in [-0.15, -0.1) is 0 Å². The first-order chi connectivity index (χ1) is 13.5. The molecule has 13 heteroatoms. The fourth-order valence-corrected chi connectivity index (χ4v) is 2.49. The molecule has 1 fully saturated rings. The molecule has 2 rings (SSSR count). The molecule has 4 atom stereocenters. The molecule has 0 unspecified atom stereocenters. The second kappa shape index (κ2) is 9.15. The lowest BCUT2D eigenvalue weighted by molar-refractivity contribution is -0.207. The summed E-state index contributed by atoms with van der Waals surface area (Å²) in [4.78, 5) is 47.8. The highest BCUT2D eigenvalue weighted by Crippen LogP contribution is 2.37. The molecule has 1 aromatic heterocycles. The van der Waals surface area contributed by atoms with E-state index >= 15 is 0 Å². The predicted molar refractivity (Wildman–Crippen MR) is 94.5 cm³/mol. The molecule has 0 radical (unpaired) electrons. The van der Waals surface area contributed by atoms with Crippen LogP contribution in [0.15, 0.2) is 21.9 Å². The van der Waals surface area contributed by atoms with E-state index in [9.17, 15) is 33.8 Å². The highest BCUT2D eigenvalue weighted by atomic mass is 19.2. The van der Waals surface area contributed by atoms with Crippen molar-refractivity contribution < 1.29 is 33.7 Å². The van der Waals surface area contributed by atoms with E-state index in [2.05, 4.69) is 15.4 Å². The number of rotatable bonds is 7. The number of aliphatic hydroxyl groups is 2. The number of alkyl carbamates (subject to hydrolysis) is 1. The van der Waals surface area contributed by atoms with Crippen LogP contribution in [0.3, 0.4) is 0 Å². The minimum absolute atomic E-state index is 0.0119. The fourth-order valence-electron chi connectivity index (χ4n) is 2.49. The van der Waals surface area contributed by atoms with Gasteiger partial charge in [0.2, 0.25) is 5.91 Å². The third-order valence-electron chi connectivity index (χ3n) is 4.12. The van der Waals surface area contributed by atoms with Crippen LogP contribution >= 0.6 is 0 Å². The Kier molecular flexibility index (Phi) is 7.11. The monoisotopic (exact) mass is 418 g/mol. The van der Waals surface area contributed by atoms with Gasteiger partial charge in [0, 0.05) is 31.3 Å². The number of alkyl halides is 1. The molecule has 1 aliphatic heterocycles. The zero-order chi connectivity index (χ0) is 21.8. The summed E-state index contributed by atoms with van der Waals surface area (Å²) >= 11 is 0. The van der Waals surface area contributed by atoms with Crippen molar-refractivity contribution in [3.05, 3.63) is 33.1 Å². The van der Waals surface area contributed by atoms with Gasteiger partial charge in [-0.05, 0) is 0 Å². The van der Waals surface area contributed by atoms with Gasteiger partial charge in [-0.1, -0.05) is 13.8 Å². The molecule has 2 heterocycles. The number of carbonyl (C=O) groups is 2. The third kappa shape index (κ3) is 5.40. The van der Waals surface area contributed by atoms with Crippen LogP contribution in [0.4, 0.5) is 9.18 Å². The zero-order valence-corrected chi connectivity index (χ0v) is 15.8. The van der Waals surface area contributed by atoms with Crippen molar-refractivity contribution in [1.29, 1.82) is 0 Å². The lowest BCUT2D eigenvalue weighted by Crippen LogP contribution is -2.45. The zero-order valence-electron chi connectivity index (χ0n) is 15.8. The summed E-state index contributed by atoms with van der Waals surface area (Å²) in [5, 5.41) is 24.8. The van der Waals surface area contributed by atoms with E-state index in [1.807, 2.05) is 4.98 Å². The van der Waals surface area contributed by atoms with Gasteiger partial charge in [-0.25, -0.2) is 14.0 Å². The summed E-state index contributed by atoms with van der Waals surface area (Å²) in [6, 6.07) is 0.949. The van der Waals surface area contributed by atoms with Crippen LogP contribution < -0.4 is 21.9 Å². The molecular weight excluding hydrogens is 395 g/mol. The van der Waals surface area contributed by atoms with E-state index in [1.54, 1.807) is 13.8 Å². The number of hydrogen-bond acceptors (Lipinski definition) is 8. The highest BCUT2D eigenvalue weighted by molar-refractivity contribution is 5.77. The van der Waals surface area contributed by atoms with E-state index in [1.165, 1.54) is 0 Å². The standard InChI is InChI=1S/C16H23FN4O8/c1-8(2)12(25)18-4-5-19-15(27)28-7-16(17)11(24)10(23)13(29-16)21-6-3-9(22)20-14(21)26/h3,6,8,10-11,13,23-24H,4-5,7H2,1-2H3,(H,18,25)(H,19,27)(H,20,22,26)/t10-,11+,13-,16-/m1/s1. The maximum Gasteiger partial charge on any atom is 0.407 e. The van der Waals surface area contributed by atoms with Crippen molar-refractivity contribution in [2.45, 2.75) is 38.1 Å². The summed E-state index contributed by atoms with van der Waals surface area (Å²) in [5.41, 5.74) is -1.70. The molecule has 0 saturated carbocycles. The lowest BCUT2D eigenvalue weighted by Gasteiger charge is -2.22. The summed E-state index contributed by atoms with van der Waals surface area (Å²) in [6.07, 6.45) is -5.74. The van der Waals surface area contributed by atoms with E-state index in [4.69, 9.17) is 4.74 Å². The van der Waals surface area contributed by atoms with Gasteiger partial charge in [-0.3, -0.25) is 19.1 Å². The maximum absolute atomic E-state index is 14.9. The van der Waals surface area contributed by atoms with E-state index in [-0.39, 0.29) is 24.9 Å². The molecule has 162 valence electrons. The fraction of sp³-hybridized carbons (Fsp3) is 0.625. The number of aliphatic hydroxyl groups excluding tert-OH is 2. The average molecular weight is 418 g/mol. The number of aromatic amines is 1. The second-order valence-electron chi connectivity index (χ2n) is 6.70. The van der Waals surface area contributed by atoms with Crippen molar-refractivity contribution in [3.8, 4) is 0 Å². The Labute approximate surface area is 163 Å². The molecule has 1 aliphatic rings. The Morgan fingerprint density at radius 3 is 2.62 bits per heavy atom. The van der Waals surface area contributed by atoms with Gasteiger partial charge in [0.25, 0.3) is 11.4 Å². The van der Waals surface area contributed by atoms with Crippen LogP contribution in [0.25, 0.3) is 0 Å². The summed E-state index contributed by atoms with van der Waals surface area (Å²) < 4.78 is 25.1. The summed E-state index contributed by atoms with van der Waals surface area (Å²) in [5.74, 6) is -3.42. The Morgan fingerprint density at radius 2 is 2.00 bits per heavy atom. The number of H-pyrrole nitrogens is 1. The molecule has 5 N–H and O–H groups in total. The van der Waals surface area contributed by atoms with Gasteiger partial charge in [0.05, 0.1) is 0 Å². The first-order valence-corrected chi connectivity index (χ1v) is 8.78. The van der Waals surface area contributed by atoms with Crippen LogP contribution in [-0.4, -0.2) is 69.5 Å². The number of carbonyl (C=O) groups excluding carboxylic acids is 2. The molecule has 12 nitrogen and oxygen atoms in total. The number of hydrogen-bond donors (Lipinski definition) is 5. The van der Waals surface area contributed by atoms with Gasteiger partial charge in [0.1, 0.15) is 12.2 Å². The lowest BCUT2D eigenvalue weighted by atomic mass is 10.1. The molecule has 2 amide bonds. The molecule has 0 aliphatic carbocycles. The Hall–Kier alpha value is -2.77. The van der Waals surface area contributed by atoms with Crippen LogP contribution in [0, 0.1) is 5.92 Å². The minimum atomic E-state index is -3.00. The molecule has 29 heavy (non-hydrogen) atoms. The Morgan fingerprint density at radius 1 is 1.34 bits per heavy atom. The largest absolute Gasteiger partial charge is 0.443 e. The number of ether oxygens (including phenoxy) is 2. The van der Waals surface area contributed by atoms with Gasteiger partial charge < -0.3 is 30.3 Å². The van der Waals surface area contributed by atoms with Gasteiger partial charge >= 0.3 is 11.8 Å². The topological polar surface area (TPSA) is 172 Å². The molecule has 1 aromatic rings. The summed E-state index contributed by atoms with van der Waals surface area (Å²) in [7, 11) is 0. The predicted octanol–water partition coefficient (Wildman–Crippen LogP) is -2.05. The van der Waals surface area contributed by atoms with E-state index in [0.717, 1.165) is 12.3 Å². The first-order valence-electron chi connectivity index (χ1n) is 8.78. The normalized spacial score (nSPS) is 26.3. The molecule has 0 spiro atoms. The van der Waals surface area contributed by atoms with Crippen molar-refractivity contribution >= 4 is 12.0 Å². The Balaban J connectivity index is 1.90. The van der Waals surface area contributed by atoms with Gasteiger partial charge in [0.15, 0.2) is 12.8 Å². The Bertz CT molecular complexity index is 856.